The van der Waals surface area contributed by atoms with Crippen LogP contribution in [0.4, 0.5) is 5.69 Å². The van der Waals surface area contributed by atoms with Gasteiger partial charge in [0.15, 0.2) is 0 Å². The molecule has 5 nitrogen and oxygen atoms in total. The zero-order chi connectivity index (χ0) is 20.2. The van der Waals surface area contributed by atoms with Crippen LogP contribution < -0.4 is 4.90 Å². The number of hydrogen-bond donors (Lipinski definition) is 0. The fourth-order valence-electron chi connectivity index (χ4n) is 4.22. The summed E-state index contributed by atoms with van der Waals surface area (Å²) in [4.78, 5) is 31.6. The highest BCUT2D eigenvalue weighted by atomic mass is 16.2. The van der Waals surface area contributed by atoms with E-state index in [2.05, 4.69) is 17.9 Å². The highest BCUT2D eigenvalue weighted by Gasteiger charge is 2.26. The molecule has 2 aliphatic rings. The van der Waals surface area contributed by atoms with Crippen molar-refractivity contribution in [3.05, 3.63) is 65.2 Å². The van der Waals surface area contributed by atoms with E-state index in [1.165, 1.54) is 11.1 Å². The molecule has 0 radical (unpaired) electrons. The molecule has 29 heavy (non-hydrogen) atoms. The molecule has 0 bridgehead atoms. The fraction of sp³-hybridized carbons (Fsp3) is 0.417. The second-order valence-corrected chi connectivity index (χ2v) is 8.10. The molecular weight excluding hydrogens is 362 g/mol. The van der Waals surface area contributed by atoms with E-state index in [0.29, 0.717) is 26.1 Å². The minimum absolute atomic E-state index is 0.164. The van der Waals surface area contributed by atoms with Gasteiger partial charge in [-0.3, -0.25) is 14.5 Å². The van der Waals surface area contributed by atoms with Gasteiger partial charge in [0.25, 0.3) is 0 Å². The summed E-state index contributed by atoms with van der Waals surface area (Å²) < 4.78 is 0. The summed E-state index contributed by atoms with van der Waals surface area (Å²) in [5, 5.41) is 0. The fourth-order valence-corrected chi connectivity index (χ4v) is 4.22. The lowest BCUT2D eigenvalue weighted by Crippen LogP contribution is -2.52. The summed E-state index contributed by atoms with van der Waals surface area (Å²) in [7, 11) is 0. The number of para-hydroxylation sites is 1. The average Bonchev–Trinajstić information content (AvgIpc) is 2.75. The van der Waals surface area contributed by atoms with Crippen LogP contribution in [0.15, 0.2) is 48.5 Å². The van der Waals surface area contributed by atoms with Gasteiger partial charge in [0, 0.05) is 38.4 Å². The molecule has 2 amide bonds. The van der Waals surface area contributed by atoms with Crippen LogP contribution in [0.2, 0.25) is 0 Å². The second-order valence-electron chi connectivity index (χ2n) is 8.10. The summed E-state index contributed by atoms with van der Waals surface area (Å²) in [5.74, 6) is 0.335. The van der Waals surface area contributed by atoms with Crippen molar-refractivity contribution in [1.82, 2.24) is 9.80 Å². The van der Waals surface area contributed by atoms with Crippen LogP contribution in [0.25, 0.3) is 0 Å². The summed E-state index contributed by atoms with van der Waals surface area (Å²) >= 11 is 0. The third kappa shape index (κ3) is 4.67. The Morgan fingerprint density at radius 2 is 1.59 bits per heavy atom. The number of nitrogens with zero attached hydrogens (tertiary/aromatic N) is 3. The Hall–Kier alpha value is -2.66. The maximum atomic E-state index is 12.9. The Morgan fingerprint density at radius 3 is 2.34 bits per heavy atom. The Balaban J connectivity index is 1.28. The molecule has 2 aliphatic heterocycles. The summed E-state index contributed by atoms with van der Waals surface area (Å²) in [6.07, 6.45) is 2.51. The Labute approximate surface area is 172 Å². The van der Waals surface area contributed by atoms with Crippen molar-refractivity contribution < 1.29 is 9.59 Å². The number of carbonyl (C=O) groups is 2. The van der Waals surface area contributed by atoms with Crippen molar-refractivity contribution in [2.75, 3.05) is 44.2 Å². The topological polar surface area (TPSA) is 43.9 Å². The number of fused-ring (bicyclic) bond motifs is 1. The molecule has 0 atom stereocenters. The quantitative estimate of drug-likeness (QED) is 0.805. The van der Waals surface area contributed by atoms with Crippen LogP contribution in [0.1, 0.15) is 23.1 Å². The molecular formula is C24H29N3O2. The highest BCUT2D eigenvalue weighted by Crippen LogP contribution is 2.26. The second kappa shape index (κ2) is 8.78. The highest BCUT2D eigenvalue weighted by molar-refractivity contribution is 5.96. The Morgan fingerprint density at radius 1 is 0.862 bits per heavy atom. The third-order valence-corrected chi connectivity index (χ3v) is 5.97. The van der Waals surface area contributed by atoms with Gasteiger partial charge < -0.3 is 9.80 Å². The number of piperazine rings is 1. The summed E-state index contributed by atoms with van der Waals surface area (Å²) in [5.41, 5.74) is 4.59. The largest absolute Gasteiger partial charge is 0.340 e. The molecule has 152 valence electrons. The molecule has 0 unspecified atom stereocenters. The maximum absolute atomic E-state index is 12.9. The molecule has 2 aromatic carbocycles. The van der Waals surface area contributed by atoms with Crippen LogP contribution >= 0.6 is 0 Å². The first-order chi connectivity index (χ1) is 14.1. The first kappa shape index (κ1) is 19.6. The zero-order valence-electron chi connectivity index (χ0n) is 17.1. The minimum atomic E-state index is 0.164. The molecule has 1 saturated heterocycles. The summed E-state index contributed by atoms with van der Waals surface area (Å²) in [6, 6.07) is 16.4. The average molecular weight is 392 g/mol. The van der Waals surface area contributed by atoms with Crippen molar-refractivity contribution in [2.45, 2.75) is 26.2 Å². The molecule has 0 N–H and O–H groups in total. The van der Waals surface area contributed by atoms with E-state index >= 15 is 0 Å². The number of anilines is 1. The molecule has 0 spiro atoms. The van der Waals surface area contributed by atoms with E-state index < -0.39 is 0 Å². The Kier molecular flexibility index (Phi) is 5.95. The number of aryl methyl sites for hydroxylation is 2. The Bertz CT molecular complexity index is 870. The number of hydrogen-bond acceptors (Lipinski definition) is 3. The maximum Gasteiger partial charge on any atom is 0.241 e. The lowest BCUT2D eigenvalue weighted by atomic mass is 10.0. The third-order valence-electron chi connectivity index (χ3n) is 5.97. The normalized spacial score (nSPS) is 17.1. The number of carbonyl (C=O) groups excluding carboxylic acids is 2. The van der Waals surface area contributed by atoms with Crippen molar-refractivity contribution in [2.24, 2.45) is 0 Å². The molecule has 4 rings (SSSR count). The molecule has 5 heteroatoms. The van der Waals surface area contributed by atoms with E-state index in [4.69, 9.17) is 0 Å². The molecule has 2 aromatic rings. The van der Waals surface area contributed by atoms with Gasteiger partial charge in [-0.05, 0) is 37.0 Å². The van der Waals surface area contributed by atoms with E-state index in [-0.39, 0.29) is 11.8 Å². The van der Waals surface area contributed by atoms with E-state index in [1.807, 2.05) is 52.3 Å². The van der Waals surface area contributed by atoms with Gasteiger partial charge in [0.05, 0.1) is 13.0 Å². The van der Waals surface area contributed by atoms with Crippen molar-refractivity contribution in [3.63, 3.8) is 0 Å². The van der Waals surface area contributed by atoms with Crippen LogP contribution in [0, 0.1) is 6.92 Å². The van der Waals surface area contributed by atoms with E-state index in [1.54, 1.807) is 0 Å². The number of amides is 2. The summed E-state index contributed by atoms with van der Waals surface area (Å²) in [6.45, 7) is 6.15. The van der Waals surface area contributed by atoms with Crippen LogP contribution in [-0.2, 0) is 22.4 Å². The monoisotopic (exact) mass is 391 g/mol. The van der Waals surface area contributed by atoms with Gasteiger partial charge in [-0.15, -0.1) is 0 Å². The lowest BCUT2D eigenvalue weighted by Gasteiger charge is -2.36. The van der Waals surface area contributed by atoms with Crippen LogP contribution in [0.3, 0.4) is 0 Å². The molecule has 0 aromatic heterocycles. The van der Waals surface area contributed by atoms with Crippen LogP contribution in [0.5, 0.6) is 0 Å². The first-order valence-electron chi connectivity index (χ1n) is 10.5. The first-order valence-corrected chi connectivity index (χ1v) is 10.5. The van der Waals surface area contributed by atoms with E-state index in [0.717, 1.165) is 43.7 Å². The van der Waals surface area contributed by atoms with Crippen molar-refractivity contribution >= 4 is 17.5 Å². The van der Waals surface area contributed by atoms with Crippen LogP contribution in [-0.4, -0.2) is 60.9 Å². The van der Waals surface area contributed by atoms with Gasteiger partial charge in [0.1, 0.15) is 0 Å². The standard InChI is InChI=1S/C24H29N3O2/c1-19-8-10-20(11-9-19)17-23(28)26-15-13-25(14-16-26)18-24(29)27-12-4-6-21-5-2-3-7-22(21)27/h2-3,5,7-11H,4,6,12-18H2,1H3. The van der Waals surface area contributed by atoms with Gasteiger partial charge in [0.2, 0.25) is 11.8 Å². The van der Waals surface area contributed by atoms with Crippen molar-refractivity contribution in [3.8, 4) is 0 Å². The predicted octanol–water partition coefficient (Wildman–Crippen LogP) is 2.66. The smallest absolute Gasteiger partial charge is 0.241 e. The molecule has 2 heterocycles. The molecule has 0 aliphatic carbocycles. The SMILES string of the molecule is Cc1ccc(CC(=O)N2CCN(CC(=O)N3CCCc4ccccc43)CC2)cc1. The van der Waals surface area contributed by atoms with Gasteiger partial charge in [-0.2, -0.15) is 0 Å². The molecule has 1 fully saturated rings. The van der Waals surface area contributed by atoms with Crippen molar-refractivity contribution in [1.29, 1.82) is 0 Å². The van der Waals surface area contributed by atoms with E-state index in [9.17, 15) is 9.59 Å². The minimum Gasteiger partial charge on any atom is -0.340 e. The van der Waals surface area contributed by atoms with Gasteiger partial charge in [-0.1, -0.05) is 48.0 Å². The lowest BCUT2D eigenvalue weighted by molar-refractivity contribution is -0.132. The predicted molar refractivity (Wildman–Crippen MR) is 115 cm³/mol. The number of rotatable bonds is 4. The number of benzene rings is 2. The van der Waals surface area contributed by atoms with Gasteiger partial charge in [-0.25, -0.2) is 0 Å². The zero-order valence-corrected chi connectivity index (χ0v) is 17.1. The van der Waals surface area contributed by atoms with Gasteiger partial charge >= 0.3 is 0 Å². The molecule has 0 saturated carbocycles.